The Labute approximate surface area is 144 Å². The molecule has 2 aromatic heterocycles. The van der Waals surface area contributed by atoms with Gasteiger partial charge in [-0.1, -0.05) is 48.0 Å². The lowest BCUT2D eigenvalue weighted by atomic mass is 10.1. The largest absolute Gasteiger partial charge is 0.338 e. The molecule has 0 spiro atoms. The normalized spacial score (nSPS) is 10.9. The van der Waals surface area contributed by atoms with E-state index in [0.717, 1.165) is 39.4 Å². The third-order valence-electron chi connectivity index (χ3n) is 3.83. The Bertz CT molecular complexity index is 1020. The molecule has 0 fully saturated rings. The number of aryl methyl sites for hydroxylation is 1. The number of hydrogen-bond donors (Lipinski definition) is 2. The van der Waals surface area contributed by atoms with Gasteiger partial charge in [0.15, 0.2) is 5.82 Å². The van der Waals surface area contributed by atoms with Gasteiger partial charge in [0.05, 0.1) is 16.9 Å². The maximum Gasteiger partial charge on any atom is 0.152 e. The standard InChI is InChI=1S/C19H15ClN4/c1-12-10-19(24-23-12)22-18-11-17(13-6-2-4-8-15(13)20)21-16-9-5-3-7-14(16)18/h2-11H,1H3,(H2,21,22,23,24). The van der Waals surface area contributed by atoms with Gasteiger partial charge in [-0.25, -0.2) is 4.98 Å². The van der Waals surface area contributed by atoms with E-state index in [4.69, 9.17) is 16.6 Å². The van der Waals surface area contributed by atoms with Crippen molar-refractivity contribution in [2.24, 2.45) is 0 Å². The van der Waals surface area contributed by atoms with Crippen molar-refractivity contribution in [3.05, 3.63) is 71.4 Å². The SMILES string of the molecule is Cc1cc(Nc2cc(-c3ccccc3Cl)nc3ccccc23)n[nH]1. The molecule has 5 heteroatoms. The molecule has 2 heterocycles. The van der Waals surface area contributed by atoms with Gasteiger partial charge in [-0.2, -0.15) is 5.10 Å². The number of rotatable bonds is 3. The van der Waals surface area contributed by atoms with Crippen molar-refractivity contribution >= 4 is 34.0 Å². The van der Waals surface area contributed by atoms with Crippen molar-refractivity contribution in [3.63, 3.8) is 0 Å². The minimum Gasteiger partial charge on any atom is -0.338 e. The number of para-hydroxylation sites is 1. The summed E-state index contributed by atoms with van der Waals surface area (Å²) in [5.41, 5.74) is 4.59. The van der Waals surface area contributed by atoms with E-state index in [0.29, 0.717) is 5.02 Å². The summed E-state index contributed by atoms with van der Waals surface area (Å²) in [5.74, 6) is 0.772. The van der Waals surface area contributed by atoms with Crippen LogP contribution in [0.1, 0.15) is 5.69 Å². The summed E-state index contributed by atoms with van der Waals surface area (Å²) in [7, 11) is 0. The van der Waals surface area contributed by atoms with Gasteiger partial charge in [0.1, 0.15) is 0 Å². The Morgan fingerprint density at radius 3 is 2.58 bits per heavy atom. The fraction of sp³-hybridized carbons (Fsp3) is 0.0526. The van der Waals surface area contributed by atoms with Gasteiger partial charge in [0.25, 0.3) is 0 Å². The lowest BCUT2D eigenvalue weighted by molar-refractivity contribution is 1.05. The van der Waals surface area contributed by atoms with Gasteiger partial charge in [0.2, 0.25) is 0 Å². The minimum atomic E-state index is 0.682. The van der Waals surface area contributed by atoms with E-state index in [9.17, 15) is 0 Å². The average molecular weight is 335 g/mol. The molecule has 0 aliphatic carbocycles. The number of benzene rings is 2. The second-order valence-corrected chi connectivity index (χ2v) is 6.02. The van der Waals surface area contributed by atoms with E-state index in [2.05, 4.69) is 15.5 Å². The van der Waals surface area contributed by atoms with E-state index in [-0.39, 0.29) is 0 Å². The van der Waals surface area contributed by atoms with Crippen molar-refractivity contribution in [2.45, 2.75) is 6.92 Å². The fourth-order valence-electron chi connectivity index (χ4n) is 2.71. The fourth-order valence-corrected chi connectivity index (χ4v) is 2.94. The zero-order chi connectivity index (χ0) is 16.5. The molecular weight excluding hydrogens is 320 g/mol. The number of anilines is 2. The second kappa shape index (κ2) is 5.98. The van der Waals surface area contributed by atoms with Crippen LogP contribution in [0.5, 0.6) is 0 Å². The number of H-pyrrole nitrogens is 1. The number of nitrogens with one attached hydrogen (secondary N) is 2. The molecule has 0 bridgehead atoms. The number of nitrogens with zero attached hydrogens (tertiary/aromatic N) is 2. The van der Waals surface area contributed by atoms with Crippen LogP contribution in [-0.2, 0) is 0 Å². The summed E-state index contributed by atoms with van der Waals surface area (Å²) >= 11 is 6.35. The first-order valence-electron chi connectivity index (χ1n) is 7.64. The van der Waals surface area contributed by atoms with Crippen LogP contribution < -0.4 is 5.32 Å². The topological polar surface area (TPSA) is 53.6 Å². The summed E-state index contributed by atoms with van der Waals surface area (Å²) in [6.45, 7) is 1.97. The van der Waals surface area contributed by atoms with Crippen molar-refractivity contribution < 1.29 is 0 Å². The Hall–Kier alpha value is -2.85. The zero-order valence-corrected chi connectivity index (χ0v) is 13.8. The molecule has 0 unspecified atom stereocenters. The van der Waals surface area contributed by atoms with Gasteiger partial charge < -0.3 is 5.32 Å². The molecule has 118 valence electrons. The minimum absolute atomic E-state index is 0.682. The Morgan fingerprint density at radius 1 is 1.00 bits per heavy atom. The molecule has 0 aliphatic heterocycles. The summed E-state index contributed by atoms with van der Waals surface area (Å²) in [5, 5.41) is 12.3. The first kappa shape index (κ1) is 14.7. The molecule has 2 N–H and O–H groups in total. The van der Waals surface area contributed by atoms with Crippen LogP contribution in [0.15, 0.2) is 60.7 Å². The van der Waals surface area contributed by atoms with Gasteiger partial charge >= 0.3 is 0 Å². The third kappa shape index (κ3) is 2.72. The number of pyridine rings is 1. The molecule has 0 saturated carbocycles. The van der Waals surface area contributed by atoms with E-state index >= 15 is 0 Å². The molecule has 4 rings (SSSR count). The van der Waals surface area contributed by atoms with Crippen molar-refractivity contribution in [2.75, 3.05) is 5.32 Å². The highest BCUT2D eigenvalue weighted by Crippen LogP contribution is 2.33. The lowest BCUT2D eigenvalue weighted by Gasteiger charge is -2.11. The maximum atomic E-state index is 6.35. The summed E-state index contributed by atoms with van der Waals surface area (Å²) in [4.78, 5) is 4.76. The van der Waals surface area contributed by atoms with Crippen LogP contribution in [0.4, 0.5) is 11.5 Å². The lowest BCUT2D eigenvalue weighted by Crippen LogP contribution is -1.95. The van der Waals surface area contributed by atoms with Crippen LogP contribution in [0.25, 0.3) is 22.2 Å². The highest BCUT2D eigenvalue weighted by Gasteiger charge is 2.10. The van der Waals surface area contributed by atoms with Gasteiger partial charge in [-0.15, -0.1) is 0 Å². The molecule has 2 aromatic carbocycles. The number of hydrogen-bond acceptors (Lipinski definition) is 3. The maximum absolute atomic E-state index is 6.35. The first-order valence-corrected chi connectivity index (χ1v) is 8.02. The number of aromatic amines is 1. The van der Waals surface area contributed by atoms with Gasteiger partial charge in [-0.05, 0) is 25.1 Å². The quantitative estimate of drug-likeness (QED) is 0.532. The van der Waals surface area contributed by atoms with Crippen molar-refractivity contribution in [1.82, 2.24) is 15.2 Å². The zero-order valence-electron chi connectivity index (χ0n) is 13.0. The van der Waals surface area contributed by atoms with Crippen LogP contribution in [0, 0.1) is 6.92 Å². The monoisotopic (exact) mass is 334 g/mol. The second-order valence-electron chi connectivity index (χ2n) is 5.61. The molecular formula is C19H15ClN4. The Balaban J connectivity index is 1.89. The predicted molar refractivity (Wildman–Crippen MR) is 98.8 cm³/mol. The molecule has 0 atom stereocenters. The van der Waals surface area contributed by atoms with Crippen molar-refractivity contribution in [3.8, 4) is 11.3 Å². The van der Waals surface area contributed by atoms with Gasteiger partial charge in [0, 0.05) is 27.7 Å². The number of halogens is 1. The van der Waals surface area contributed by atoms with E-state index in [1.54, 1.807) is 0 Å². The summed E-state index contributed by atoms with van der Waals surface area (Å²) in [6.07, 6.45) is 0. The highest BCUT2D eigenvalue weighted by molar-refractivity contribution is 6.33. The van der Waals surface area contributed by atoms with Gasteiger partial charge in [-0.3, -0.25) is 5.10 Å². The molecule has 0 amide bonds. The van der Waals surface area contributed by atoms with Crippen LogP contribution in [0.2, 0.25) is 5.02 Å². The third-order valence-corrected chi connectivity index (χ3v) is 4.16. The van der Waals surface area contributed by atoms with E-state index < -0.39 is 0 Å². The Kier molecular flexibility index (Phi) is 3.67. The molecule has 4 nitrogen and oxygen atoms in total. The highest BCUT2D eigenvalue weighted by atomic mass is 35.5. The van der Waals surface area contributed by atoms with E-state index in [1.807, 2.05) is 67.6 Å². The molecule has 0 radical (unpaired) electrons. The smallest absolute Gasteiger partial charge is 0.152 e. The molecule has 0 aliphatic rings. The van der Waals surface area contributed by atoms with Crippen LogP contribution in [0.3, 0.4) is 0 Å². The summed E-state index contributed by atoms with van der Waals surface area (Å²) in [6, 6.07) is 19.7. The van der Waals surface area contributed by atoms with E-state index in [1.165, 1.54) is 0 Å². The molecule has 24 heavy (non-hydrogen) atoms. The molecule has 4 aromatic rings. The number of fused-ring (bicyclic) bond motifs is 1. The first-order chi connectivity index (χ1) is 11.7. The molecule has 0 saturated heterocycles. The van der Waals surface area contributed by atoms with Crippen LogP contribution >= 0.6 is 11.6 Å². The van der Waals surface area contributed by atoms with Crippen LogP contribution in [-0.4, -0.2) is 15.2 Å². The number of aromatic nitrogens is 3. The summed E-state index contributed by atoms with van der Waals surface area (Å²) < 4.78 is 0. The Morgan fingerprint density at radius 2 is 1.79 bits per heavy atom. The van der Waals surface area contributed by atoms with Crippen molar-refractivity contribution in [1.29, 1.82) is 0 Å². The predicted octanol–water partition coefficient (Wildman–Crippen LogP) is 5.33. The average Bonchev–Trinajstić information content (AvgIpc) is 3.00.